The topological polar surface area (TPSA) is 0 Å². The molecule has 0 heterocycles. The van der Waals surface area contributed by atoms with Crippen molar-refractivity contribution in [1.29, 1.82) is 0 Å². The van der Waals surface area contributed by atoms with Crippen LogP contribution < -0.4 is 0 Å². The standard InChI is InChI=1S/C15H30Si2/c1-15(12-14-17(5,6)7)11-9-8-10-13-16(2,3)4/h12H,8-9,11,14H2,1-7H3/b15-12+. The minimum Gasteiger partial charge on any atom is -0.132 e. The van der Waals surface area contributed by atoms with Gasteiger partial charge in [0.1, 0.15) is 8.07 Å². The molecule has 0 nitrogen and oxygen atoms in total. The minimum atomic E-state index is -1.14. The molecule has 0 aliphatic heterocycles. The lowest BCUT2D eigenvalue weighted by Crippen LogP contribution is -2.17. The van der Waals surface area contributed by atoms with Gasteiger partial charge in [-0.1, -0.05) is 50.9 Å². The van der Waals surface area contributed by atoms with Crippen LogP contribution in [-0.4, -0.2) is 16.1 Å². The Kier molecular flexibility index (Phi) is 7.12. The molecule has 17 heavy (non-hydrogen) atoms. The largest absolute Gasteiger partial charge is 0.132 e. The van der Waals surface area contributed by atoms with Crippen molar-refractivity contribution in [1.82, 2.24) is 0 Å². The van der Waals surface area contributed by atoms with E-state index >= 15 is 0 Å². The first-order chi connectivity index (χ1) is 7.60. The Morgan fingerprint density at radius 1 is 1.06 bits per heavy atom. The van der Waals surface area contributed by atoms with Crippen molar-refractivity contribution < 1.29 is 0 Å². The zero-order chi connectivity index (χ0) is 13.5. The molecule has 0 radical (unpaired) electrons. The molecule has 0 N–H and O–H groups in total. The first-order valence-electron chi connectivity index (χ1n) is 6.76. The smallest absolute Gasteiger partial charge is 0.129 e. The van der Waals surface area contributed by atoms with Crippen LogP contribution in [0.1, 0.15) is 26.2 Å². The van der Waals surface area contributed by atoms with E-state index < -0.39 is 16.1 Å². The number of rotatable bonds is 5. The van der Waals surface area contributed by atoms with E-state index in [9.17, 15) is 0 Å². The van der Waals surface area contributed by atoms with Crippen molar-refractivity contribution in [2.75, 3.05) is 0 Å². The molecule has 0 fully saturated rings. The van der Waals surface area contributed by atoms with E-state index in [0.717, 1.165) is 6.42 Å². The molecule has 0 aromatic carbocycles. The van der Waals surface area contributed by atoms with E-state index in [1.807, 2.05) is 0 Å². The first-order valence-corrected chi connectivity index (χ1v) is 14.0. The summed E-state index contributed by atoms with van der Waals surface area (Å²) in [5.41, 5.74) is 4.99. The summed E-state index contributed by atoms with van der Waals surface area (Å²) < 4.78 is 0. The lowest BCUT2D eigenvalue weighted by atomic mass is 10.1. The Labute approximate surface area is 111 Å². The van der Waals surface area contributed by atoms with E-state index in [1.54, 1.807) is 5.57 Å². The fourth-order valence-corrected chi connectivity index (χ4v) is 2.98. The van der Waals surface area contributed by atoms with E-state index in [-0.39, 0.29) is 0 Å². The Bertz CT molecular complexity index is 303. The fraction of sp³-hybridized carbons (Fsp3) is 0.733. The molecule has 0 saturated carbocycles. The summed E-state index contributed by atoms with van der Waals surface area (Å²) in [6.45, 7) is 16.5. The van der Waals surface area contributed by atoms with Gasteiger partial charge in [-0.3, -0.25) is 0 Å². The van der Waals surface area contributed by atoms with Crippen LogP contribution in [0.15, 0.2) is 11.6 Å². The highest BCUT2D eigenvalue weighted by Gasteiger charge is 2.10. The third-order valence-electron chi connectivity index (χ3n) is 2.40. The third-order valence-corrected chi connectivity index (χ3v) is 4.75. The van der Waals surface area contributed by atoms with Gasteiger partial charge in [-0.05, 0) is 25.8 Å². The maximum atomic E-state index is 3.43. The highest BCUT2D eigenvalue weighted by atomic mass is 28.3. The van der Waals surface area contributed by atoms with Crippen molar-refractivity contribution >= 4 is 16.1 Å². The monoisotopic (exact) mass is 266 g/mol. The molecule has 0 aliphatic carbocycles. The maximum absolute atomic E-state index is 3.43. The molecular weight excluding hydrogens is 236 g/mol. The summed E-state index contributed by atoms with van der Waals surface area (Å²) in [5.74, 6) is 3.35. The van der Waals surface area contributed by atoms with Gasteiger partial charge in [-0.15, -0.1) is 11.5 Å². The lowest BCUT2D eigenvalue weighted by Gasteiger charge is -2.12. The molecule has 98 valence electrons. The minimum absolute atomic E-state index is 0.898. The molecule has 0 atom stereocenters. The molecule has 0 amide bonds. The highest BCUT2D eigenvalue weighted by molar-refractivity contribution is 6.83. The van der Waals surface area contributed by atoms with Crippen LogP contribution in [0.4, 0.5) is 0 Å². The van der Waals surface area contributed by atoms with Crippen LogP contribution in [-0.2, 0) is 0 Å². The molecule has 0 aliphatic rings. The van der Waals surface area contributed by atoms with E-state index in [0.29, 0.717) is 0 Å². The Balaban J connectivity index is 3.86. The maximum Gasteiger partial charge on any atom is 0.129 e. The quantitative estimate of drug-likeness (QED) is 0.273. The SMILES string of the molecule is C/C(=C\C[Si](C)(C)C)CCCC#C[Si](C)(C)C. The zero-order valence-electron chi connectivity index (χ0n) is 12.9. The second-order valence-corrected chi connectivity index (χ2v) is 17.5. The van der Waals surface area contributed by atoms with Gasteiger partial charge in [0.05, 0.1) is 0 Å². The molecule has 0 rings (SSSR count). The van der Waals surface area contributed by atoms with Gasteiger partial charge in [0.25, 0.3) is 0 Å². The van der Waals surface area contributed by atoms with E-state index in [4.69, 9.17) is 0 Å². The predicted molar refractivity (Wildman–Crippen MR) is 86.9 cm³/mol. The second kappa shape index (κ2) is 7.23. The third kappa shape index (κ3) is 13.7. The van der Waals surface area contributed by atoms with Crippen molar-refractivity contribution in [3.05, 3.63) is 11.6 Å². The van der Waals surface area contributed by atoms with Crippen molar-refractivity contribution in [2.24, 2.45) is 0 Å². The van der Waals surface area contributed by atoms with Crippen LogP contribution in [0.3, 0.4) is 0 Å². The molecule has 0 aromatic rings. The summed E-state index contributed by atoms with van der Waals surface area (Å²) >= 11 is 0. The summed E-state index contributed by atoms with van der Waals surface area (Å²) in [4.78, 5) is 0. The van der Waals surface area contributed by atoms with Gasteiger partial charge in [-0.25, -0.2) is 0 Å². The molecule has 0 spiro atoms. The molecule has 0 aromatic heterocycles. The summed E-state index contributed by atoms with van der Waals surface area (Å²) in [6, 6.07) is 1.32. The van der Waals surface area contributed by atoms with Crippen LogP contribution in [0.2, 0.25) is 45.3 Å². The van der Waals surface area contributed by atoms with Gasteiger partial charge in [0, 0.05) is 14.5 Å². The molecule has 2 heteroatoms. The summed E-state index contributed by atoms with van der Waals surface area (Å²) in [5, 5.41) is 0. The van der Waals surface area contributed by atoms with E-state index in [2.05, 4.69) is 63.7 Å². The van der Waals surface area contributed by atoms with Gasteiger partial charge in [0.15, 0.2) is 0 Å². The Morgan fingerprint density at radius 3 is 2.12 bits per heavy atom. The summed E-state index contributed by atoms with van der Waals surface area (Å²) in [7, 11) is -2.04. The normalized spacial score (nSPS) is 13.2. The molecule has 0 unspecified atom stereocenters. The number of hydrogen-bond acceptors (Lipinski definition) is 0. The van der Waals surface area contributed by atoms with Crippen molar-refractivity contribution in [3.8, 4) is 11.5 Å². The van der Waals surface area contributed by atoms with Crippen LogP contribution in [0.5, 0.6) is 0 Å². The molecule has 0 bridgehead atoms. The fourth-order valence-electron chi connectivity index (χ4n) is 1.37. The van der Waals surface area contributed by atoms with E-state index in [1.165, 1.54) is 18.9 Å². The zero-order valence-corrected chi connectivity index (χ0v) is 14.9. The van der Waals surface area contributed by atoms with Crippen molar-refractivity contribution in [3.63, 3.8) is 0 Å². The lowest BCUT2D eigenvalue weighted by molar-refractivity contribution is 0.844. The molecule has 0 saturated heterocycles. The first kappa shape index (κ1) is 16.7. The van der Waals surface area contributed by atoms with Gasteiger partial charge >= 0.3 is 0 Å². The number of hydrogen-bond donors (Lipinski definition) is 0. The van der Waals surface area contributed by atoms with Crippen LogP contribution >= 0.6 is 0 Å². The van der Waals surface area contributed by atoms with Gasteiger partial charge in [-0.2, -0.15) is 0 Å². The highest BCUT2D eigenvalue weighted by Crippen LogP contribution is 2.14. The second-order valence-electron chi connectivity index (χ2n) is 7.22. The summed E-state index contributed by atoms with van der Waals surface area (Å²) in [6.07, 6.45) is 5.98. The van der Waals surface area contributed by atoms with Crippen molar-refractivity contribution in [2.45, 2.75) is 71.5 Å². The molecular formula is C15H30Si2. The average Bonchev–Trinajstić information content (AvgIpc) is 2.11. The predicted octanol–water partition coefficient (Wildman–Crippen LogP) is 5.32. The number of unbranched alkanes of at least 4 members (excludes halogenated alkanes) is 1. The Hall–Kier alpha value is -0.266. The van der Waals surface area contributed by atoms with Crippen LogP contribution in [0, 0.1) is 11.5 Å². The van der Waals surface area contributed by atoms with Gasteiger partial charge in [0.2, 0.25) is 0 Å². The van der Waals surface area contributed by atoms with Gasteiger partial charge < -0.3 is 0 Å². The number of allylic oxidation sites excluding steroid dienone is 2. The van der Waals surface area contributed by atoms with Crippen LogP contribution in [0.25, 0.3) is 0 Å². The average molecular weight is 267 g/mol. The Morgan fingerprint density at radius 2 is 1.65 bits per heavy atom.